The second kappa shape index (κ2) is 5.57. The molecule has 0 bridgehead atoms. The number of likely N-dealkylation sites (tertiary alicyclic amines) is 1. The quantitative estimate of drug-likeness (QED) is 0.755. The highest BCUT2D eigenvalue weighted by Gasteiger charge is 2.27. The summed E-state index contributed by atoms with van der Waals surface area (Å²) in [5.74, 6) is 0. The number of H-pyrrole nitrogens is 1. The van der Waals surface area contributed by atoms with Gasteiger partial charge in [-0.15, -0.1) is 11.3 Å². The van der Waals surface area contributed by atoms with Crippen molar-refractivity contribution in [2.45, 2.75) is 25.4 Å². The van der Waals surface area contributed by atoms with Gasteiger partial charge in [0.05, 0.1) is 11.7 Å². The molecule has 0 spiro atoms. The number of halogens is 1. The van der Waals surface area contributed by atoms with Crippen LogP contribution in [0.4, 0.5) is 5.13 Å². The minimum absolute atomic E-state index is 0.411. The van der Waals surface area contributed by atoms with E-state index in [9.17, 15) is 0 Å². The van der Waals surface area contributed by atoms with Crippen molar-refractivity contribution < 1.29 is 0 Å². The summed E-state index contributed by atoms with van der Waals surface area (Å²) < 4.78 is 0. The van der Waals surface area contributed by atoms with Crippen LogP contribution in [0, 0.1) is 0 Å². The molecule has 1 aliphatic rings. The molecule has 1 saturated heterocycles. The fraction of sp³-hybridized carbons (Fsp3) is 0.312. The Morgan fingerprint density at radius 2 is 2.32 bits per heavy atom. The second-order valence-corrected chi connectivity index (χ2v) is 7.09. The van der Waals surface area contributed by atoms with Crippen LogP contribution in [0.5, 0.6) is 0 Å². The summed E-state index contributed by atoms with van der Waals surface area (Å²) in [6, 6.07) is 8.61. The van der Waals surface area contributed by atoms with Crippen LogP contribution in [-0.4, -0.2) is 21.4 Å². The van der Waals surface area contributed by atoms with E-state index < -0.39 is 0 Å². The molecule has 0 radical (unpaired) electrons. The zero-order valence-electron chi connectivity index (χ0n) is 12.1. The smallest absolute Gasteiger partial charge is 0.180 e. The highest BCUT2D eigenvalue weighted by Crippen LogP contribution is 2.34. The Kier molecular flexibility index (Phi) is 3.56. The fourth-order valence-corrected chi connectivity index (χ4v) is 4.01. The number of nitrogens with two attached hydrogens (primary N) is 1. The van der Waals surface area contributed by atoms with Gasteiger partial charge in [0.25, 0.3) is 0 Å². The highest BCUT2D eigenvalue weighted by molar-refractivity contribution is 7.13. The van der Waals surface area contributed by atoms with Gasteiger partial charge in [-0.25, -0.2) is 4.98 Å². The molecule has 1 fully saturated rings. The zero-order chi connectivity index (χ0) is 15.1. The summed E-state index contributed by atoms with van der Waals surface area (Å²) in [4.78, 5) is 10.4. The predicted octanol–water partition coefficient (Wildman–Crippen LogP) is 4.20. The SMILES string of the molecule is Nc1nc(CN2CCC[C@H]2c2cc3cc(Cl)ccc3[nH]2)cs1. The largest absolute Gasteiger partial charge is 0.375 e. The van der Waals surface area contributed by atoms with Crippen LogP contribution >= 0.6 is 22.9 Å². The number of anilines is 1. The molecular formula is C16H17ClN4S. The normalized spacial score (nSPS) is 19.2. The van der Waals surface area contributed by atoms with Crippen LogP contribution in [-0.2, 0) is 6.54 Å². The average molecular weight is 333 g/mol. The molecule has 0 saturated carbocycles. The van der Waals surface area contributed by atoms with Gasteiger partial charge < -0.3 is 10.7 Å². The van der Waals surface area contributed by atoms with Crippen molar-refractivity contribution in [3.63, 3.8) is 0 Å². The number of hydrogen-bond donors (Lipinski definition) is 2. The first kappa shape index (κ1) is 14.1. The van der Waals surface area contributed by atoms with E-state index >= 15 is 0 Å². The molecule has 4 nitrogen and oxygen atoms in total. The van der Waals surface area contributed by atoms with Crippen LogP contribution in [0.1, 0.15) is 30.3 Å². The Morgan fingerprint density at radius 1 is 1.41 bits per heavy atom. The minimum atomic E-state index is 0.411. The summed E-state index contributed by atoms with van der Waals surface area (Å²) in [7, 11) is 0. The van der Waals surface area contributed by atoms with Gasteiger partial charge in [0.2, 0.25) is 0 Å². The summed E-state index contributed by atoms with van der Waals surface area (Å²) in [5.41, 5.74) is 9.20. The molecule has 114 valence electrons. The fourth-order valence-electron chi connectivity index (χ4n) is 3.28. The van der Waals surface area contributed by atoms with Crippen LogP contribution in [0.25, 0.3) is 10.9 Å². The van der Waals surface area contributed by atoms with Gasteiger partial charge in [0.1, 0.15) is 0 Å². The highest BCUT2D eigenvalue weighted by atomic mass is 35.5. The van der Waals surface area contributed by atoms with Crippen molar-refractivity contribution in [3.8, 4) is 0 Å². The van der Waals surface area contributed by atoms with E-state index in [1.807, 2.05) is 18.2 Å². The van der Waals surface area contributed by atoms with Gasteiger partial charge in [0, 0.05) is 33.5 Å². The Labute approximate surface area is 137 Å². The first-order chi connectivity index (χ1) is 10.7. The van der Waals surface area contributed by atoms with Gasteiger partial charge >= 0.3 is 0 Å². The third-order valence-electron chi connectivity index (χ3n) is 4.26. The summed E-state index contributed by atoms with van der Waals surface area (Å²) in [5, 5.41) is 4.65. The predicted molar refractivity (Wildman–Crippen MR) is 92.2 cm³/mol. The Bertz CT molecular complexity index is 809. The van der Waals surface area contributed by atoms with Crippen molar-refractivity contribution in [2.75, 3.05) is 12.3 Å². The first-order valence-electron chi connectivity index (χ1n) is 7.41. The van der Waals surface area contributed by atoms with Crippen molar-refractivity contribution in [1.82, 2.24) is 14.9 Å². The number of thiazole rings is 1. The molecule has 3 N–H and O–H groups in total. The topological polar surface area (TPSA) is 57.9 Å². The Morgan fingerprint density at radius 3 is 3.14 bits per heavy atom. The van der Waals surface area contributed by atoms with E-state index in [2.05, 4.69) is 26.3 Å². The minimum Gasteiger partial charge on any atom is -0.375 e. The maximum absolute atomic E-state index is 6.08. The summed E-state index contributed by atoms with van der Waals surface area (Å²) >= 11 is 7.59. The number of aromatic amines is 1. The lowest BCUT2D eigenvalue weighted by Crippen LogP contribution is -2.23. The molecule has 6 heteroatoms. The molecule has 2 aromatic heterocycles. The summed E-state index contributed by atoms with van der Waals surface area (Å²) in [6.45, 7) is 1.95. The number of aromatic nitrogens is 2. The molecule has 1 aromatic carbocycles. The number of nitrogen functional groups attached to an aromatic ring is 1. The van der Waals surface area contributed by atoms with Crippen molar-refractivity contribution in [3.05, 3.63) is 46.1 Å². The van der Waals surface area contributed by atoms with Crippen LogP contribution < -0.4 is 5.73 Å². The molecule has 0 unspecified atom stereocenters. The number of nitrogens with zero attached hydrogens (tertiary/aromatic N) is 2. The van der Waals surface area contributed by atoms with Crippen LogP contribution in [0.15, 0.2) is 29.6 Å². The van der Waals surface area contributed by atoms with E-state index in [0.717, 1.165) is 29.3 Å². The monoisotopic (exact) mass is 332 g/mol. The third-order valence-corrected chi connectivity index (χ3v) is 5.22. The lowest BCUT2D eigenvalue weighted by molar-refractivity contribution is 0.243. The van der Waals surface area contributed by atoms with E-state index in [0.29, 0.717) is 11.2 Å². The van der Waals surface area contributed by atoms with Gasteiger partial charge in [-0.05, 0) is 43.7 Å². The van der Waals surface area contributed by atoms with E-state index in [1.54, 1.807) is 0 Å². The van der Waals surface area contributed by atoms with E-state index in [-0.39, 0.29) is 0 Å². The van der Waals surface area contributed by atoms with Crippen LogP contribution in [0.2, 0.25) is 5.02 Å². The molecule has 1 atom stereocenters. The lowest BCUT2D eigenvalue weighted by atomic mass is 10.1. The van der Waals surface area contributed by atoms with E-state index in [1.165, 1.54) is 35.3 Å². The molecule has 3 aromatic rings. The lowest BCUT2D eigenvalue weighted by Gasteiger charge is -2.22. The van der Waals surface area contributed by atoms with Gasteiger partial charge in [-0.2, -0.15) is 0 Å². The van der Waals surface area contributed by atoms with Crippen molar-refractivity contribution in [1.29, 1.82) is 0 Å². The molecule has 3 heterocycles. The number of rotatable bonds is 3. The maximum atomic E-state index is 6.08. The Hall–Kier alpha value is -1.56. The summed E-state index contributed by atoms with van der Waals surface area (Å²) in [6.07, 6.45) is 2.38. The van der Waals surface area contributed by atoms with Gasteiger partial charge in [0.15, 0.2) is 5.13 Å². The van der Waals surface area contributed by atoms with Crippen molar-refractivity contribution >= 4 is 39.0 Å². The maximum Gasteiger partial charge on any atom is 0.180 e. The molecule has 0 amide bonds. The number of benzene rings is 1. The number of nitrogens with one attached hydrogen (secondary N) is 1. The number of fused-ring (bicyclic) bond motifs is 1. The molecular weight excluding hydrogens is 316 g/mol. The number of hydrogen-bond acceptors (Lipinski definition) is 4. The molecule has 4 rings (SSSR count). The van der Waals surface area contributed by atoms with Gasteiger partial charge in [-0.1, -0.05) is 11.6 Å². The molecule has 0 aliphatic carbocycles. The second-order valence-electron chi connectivity index (χ2n) is 5.76. The zero-order valence-corrected chi connectivity index (χ0v) is 13.6. The third kappa shape index (κ3) is 2.60. The average Bonchev–Trinajstić information content (AvgIpc) is 3.18. The molecule has 1 aliphatic heterocycles. The molecule has 22 heavy (non-hydrogen) atoms. The van der Waals surface area contributed by atoms with E-state index in [4.69, 9.17) is 17.3 Å². The van der Waals surface area contributed by atoms with Crippen molar-refractivity contribution in [2.24, 2.45) is 0 Å². The standard InChI is InChI=1S/C16H17ClN4S/c17-11-3-4-13-10(6-11)7-14(20-13)15-2-1-5-21(15)8-12-9-22-16(18)19-12/h3-4,6-7,9,15,20H,1-2,5,8H2,(H2,18,19)/t15-/m0/s1. The Balaban J connectivity index is 1.61. The first-order valence-corrected chi connectivity index (χ1v) is 8.67. The van der Waals surface area contributed by atoms with Gasteiger partial charge in [-0.3, -0.25) is 4.90 Å². The van der Waals surface area contributed by atoms with Crippen LogP contribution in [0.3, 0.4) is 0 Å².